The Bertz CT molecular complexity index is 233. The fourth-order valence-corrected chi connectivity index (χ4v) is 2.38. The molecule has 0 atom stereocenters. The molecular formula is H5B8N8. The molecule has 0 amide bonds. The molecule has 4 aliphatic heterocycles. The van der Waals surface area contributed by atoms with E-state index in [1.807, 2.05) is 37.7 Å². The van der Waals surface area contributed by atoms with E-state index in [9.17, 15) is 0 Å². The van der Waals surface area contributed by atoms with E-state index in [0.717, 1.165) is 0 Å². The summed E-state index contributed by atoms with van der Waals surface area (Å²) in [6.07, 6.45) is 0. The van der Waals surface area contributed by atoms with Crippen molar-refractivity contribution >= 4 is 59.1 Å². The monoisotopic (exact) mass is 205 g/mol. The third-order valence-electron chi connectivity index (χ3n) is 3.09. The largest absolute Gasteiger partial charge is 0.381 e. The maximum atomic E-state index is 3.28. The van der Waals surface area contributed by atoms with Gasteiger partial charge in [0.05, 0.1) is 0 Å². The van der Waals surface area contributed by atoms with Crippen molar-refractivity contribution in [1.82, 2.24) is 39.6 Å². The third-order valence-corrected chi connectivity index (χ3v) is 3.09. The van der Waals surface area contributed by atoms with Crippen LogP contribution >= 0.6 is 0 Å². The second-order valence-corrected chi connectivity index (χ2v) is 3.99. The van der Waals surface area contributed by atoms with Gasteiger partial charge in [0.25, 0.3) is 37.7 Å². The molecule has 4 aliphatic rings. The van der Waals surface area contributed by atoms with Crippen LogP contribution in [0.3, 0.4) is 0 Å². The lowest BCUT2D eigenvalue weighted by molar-refractivity contribution is 0.663. The van der Waals surface area contributed by atoms with Gasteiger partial charge >= 0.3 is 21.4 Å². The van der Waals surface area contributed by atoms with Crippen molar-refractivity contribution in [3.63, 3.8) is 0 Å². The van der Waals surface area contributed by atoms with Crippen molar-refractivity contribution in [2.24, 2.45) is 0 Å². The highest BCUT2D eigenvalue weighted by Gasteiger charge is 2.55. The average Bonchev–Trinajstić information content (AvgIpc) is 2.36. The molecule has 4 heterocycles. The maximum absolute atomic E-state index is 3.28. The predicted octanol–water partition coefficient (Wildman–Crippen LogP) is -6.48. The first-order valence-corrected chi connectivity index (χ1v) is 5.21. The van der Waals surface area contributed by atoms with Gasteiger partial charge in [0.15, 0.2) is 0 Å². The third kappa shape index (κ3) is 1.39. The van der Waals surface area contributed by atoms with Gasteiger partial charge in [-0.1, -0.05) is 0 Å². The summed E-state index contributed by atoms with van der Waals surface area (Å²) in [5.74, 6) is 0. The highest BCUT2D eigenvalue weighted by atomic mass is 15.4. The molecule has 69 valence electrons. The Balaban J connectivity index is 1.67. The van der Waals surface area contributed by atoms with Crippen LogP contribution in [0.5, 0.6) is 0 Å². The molecule has 8 nitrogen and oxygen atoms in total. The van der Waals surface area contributed by atoms with Gasteiger partial charge in [0.1, 0.15) is 0 Å². The second-order valence-electron chi connectivity index (χ2n) is 3.99. The molecule has 16 heavy (non-hydrogen) atoms. The molecule has 0 aromatic heterocycles. The van der Waals surface area contributed by atoms with Gasteiger partial charge in [-0.05, 0) is 0 Å². The first-order chi connectivity index (χ1) is 7.93. The SMILES string of the molecule is [B]1NB2N[B]N3[B]N[B]N4[B]NB(N1)N2B34. The zero-order chi connectivity index (χ0) is 10.5. The second kappa shape index (κ2) is 3.85. The van der Waals surface area contributed by atoms with E-state index in [1.54, 1.807) is 0 Å². The van der Waals surface area contributed by atoms with Gasteiger partial charge in [-0.15, -0.1) is 0 Å². The normalized spacial score (nSPS) is 29.4. The molecule has 4 fully saturated rings. The Morgan fingerprint density at radius 3 is 2.00 bits per heavy atom. The zero-order valence-electron chi connectivity index (χ0n) is 8.46. The molecule has 16 heteroatoms. The minimum atomic E-state index is 0.0936. The maximum Gasteiger partial charge on any atom is 0.357 e. The lowest BCUT2D eigenvalue weighted by Crippen LogP contribution is -2.95. The Labute approximate surface area is 99.2 Å². The predicted molar refractivity (Wildman–Crippen MR) is 67.2 cm³/mol. The molecule has 5 N–H and O–H groups in total. The van der Waals surface area contributed by atoms with Crippen LogP contribution in [-0.2, 0) is 0 Å². The summed E-state index contributed by atoms with van der Waals surface area (Å²) in [5.41, 5.74) is 0. The summed E-state index contributed by atoms with van der Waals surface area (Å²) in [6, 6.07) is 0. The van der Waals surface area contributed by atoms with E-state index in [4.69, 9.17) is 0 Å². The topological polar surface area (TPSA) is 69.9 Å². The number of hydrogen-bond donors (Lipinski definition) is 5. The van der Waals surface area contributed by atoms with Gasteiger partial charge in [-0.3, -0.25) is 0 Å². The van der Waals surface area contributed by atoms with Gasteiger partial charge in [-0.25, -0.2) is 0 Å². The molecule has 0 aromatic carbocycles. The van der Waals surface area contributed by atoms with Crippen molar-refractivity contribution in [2.75, 3.05) is 0 Å². The fraction of sp³-hybridized carbons (Fsp3) is 0. The lowest BCUT2D eigenvalue weighted by atomic mass is 9.42. The molecular weight excluding hydrogens is 199 g/mol. The van der Waals surface area contributed by atoms with Crippen molar-refractivity contribution < 1.29 is 0 Å². The molecule has 0 spiro atoms. The van der Waals surface area contributed by atoms with E-state index < -0.39 is 0 Å². The Morgan fingerprint density at radius 1 is 0.750 bits per heavy atom. The van der Waals surface area contributed by atoms with Crippen molar-refractivity contribution in [3.05, 3.63) is 0 Å². The Morgan fingerprint density at radius 2 is 1.38 bits per heavy atom. The van der Waals surface area contributed by atoms with Gasteiger partial charge in [-0.2, -0.15) is 0 Å². The average molecular weight is 204 g/mol. The first kappa shape index (κ1) is 10.2. The number of rotatable bonds is 0. The molecule has 0 unspecified atom stereocenters. The summed E-state index contributed by atoms with van der Waals surface area (Å²) >= 11 is 0. The molecule has 4 saturated heterocycles. The fourth-order valence-electron chi connectivity index (χ4n) is 2.38. The minimum absolute atomic E-state index is 0.0936. The van der Waals surface area contributed by atoms with E-state index >= 15 is 0 Å². The van der Waals surface area contributed by atoms with Crippen LogP contribution in [0.2, 0.25) is 0 Å². The summed E-state index contributed by atoms with van der Waals surface area (Å²) in [7, 11) is 9.97. The number of nitrogens with one attached hydrogen (secondary N) is 5. The van der Waals surface area contributed by atoms with Crippen molar-refractivity contribution in [1.29, 1.82) is 0 Å². The summed E-state index contributed by atoms with van der Waals surface area (Å²) in [4.78, 5) is 0. The van der Waals surface area contributed by atoms with E-state index in [2.05, 4.69) is 39.6 Å². The first-order valence-electron chi connectivity index (χ1n) is 5.21. The van der Waals surface area contributed by atoms with Crippen molar-refractivity contribution in [2.45, 2.75) is 0 Å². The van der Waals surface area contributed by atoms with Gasteiger partial charge < -0.3 is 39.6 Å². The van der Waals surface area contributed by atoms with Crippen molar-refractivity contribution in [3.8, 4) is 0 Å². The molecule has 0 aliphatic carbocycles. The van der Waals surface area contributed by atoms with Gasteiger partial charge in [0, 0.05) is 0 Å². The lowest BCUT2D eigenvalue weighted by Gasteiger charge is -2.57. The summed E-state index contributed by atoms with van der Waals surface area (Å²) < 4.78 is 6.42. The Kier molecular flexibility index (Phi) is 2.45. The molecule has 5 radical (unpaired) electrons. The molecule has 4 rings (SSSR count). The molecule has 0 bridgehead atoms. The quantitative estimate of drug-likeness (QED) is 0.249. The van der Waals surface area contributed by atoms with E-state index in [1.165, 1.54) is 0 Å². The van der Waals surface area contributed by atoms with Crippen LogP contribution in [-0.4, -0.2) is 73.0 Å². The van der Waals surface area contributed by atoms with Crippen LogP contribution in [0, 0.1) is 0 Å². The highest BCUT2D eigenvalue weighted by molar-refractivity contribution is 7.03. The van der Waals surface area contributed by atoms with Crippen LogP contribution < -0.4 is 25.7 Å². The van der Waals surface area contributed by atoms with E-state index in [0.29, 0.717) is 0 Å². The zero-order valence-corrected chi connectivity index (χ0v) is 8.46. The smallest absolute Gasteiger partial charge is 0.357 e. The number of nitrogens with zero attached hydrogens (tertiary/aromatic N) is 3. The van der Waals surface area contributed by atoms with Crippen LogP contribution in [0.1, 0.15) is 0 Å². The van der Waals surface area contributed by atoms with E-state index in [-0.39, 0.29) is 21.4 Å². The molecule has 0 saturated carbocycles. The van der Waals surface area contributed by atoms with Crippen LogP contribution in [0.15, 0.2) is 0 Å². The standard InChI is InChI=1S/B8H5N8/c1-10-6-12-4-14-2-9-3-15-5-13-7(11-1)16(6)8(14)15/h9-13H. The van der Waals surface area contributed by atoms with Crippen LogP contribution in [0.4, 0.5) is 0 Å². The van der Waals surface area contributed by atoms with Crippen LogP contribution in [0.25, 0.3) is 0 Å². The summed E-state index contributed by atoms with van der Waals surface area (Å²) in [5, 5.41) is 16.1. The highest BCUT2D eigenvalue weighted by Crippen LogP contribution is 2.14. The minimum Gasteiger partial charge on any atom is -0.381 e. The van der Waals surface area contributed by atoms with Gasteiger partial charge in [0.2, 0.25) is 0 Å². The molecule has 0 aromatic rings. The Hall–Kier alpha value is 0.199. The summed E-state index contributed by atoms with van der Waals surface area (Å²) in [6.45, 7) is 0. The number of hydrogen-bond acceptors (Lipinski definition) is 8.